The second-order valence-electron chi connectivity index (χ2n) is 3.77. The van der Waals surface area contributed by atoms with Crippen molar-refractivity contribution in [1.29, 1.82) is 0 Å². The molecule has 1 atom stereocenters. The van der Waals surface area contributed by atoms with E-state index in [2.05, 4.69) is 0 Å². The van der Waals surface area contributed by atoms with Gasteiger partial charge in [-0.25, -0.2) is 4.79 Å². The number of ether oxygens (including phenoxy) is 1. The Morgan fingerprint density at radius 3 is 3.24 bits per heavy atom. The normalized spacial score (nSPS) is 20.1. The maximum Gasteiger partial charge on any atom is 0.328 e. The largest absolute Gasteiger partial charge is 0.478 e. The van der Waals surface area contributed by atoms with Crippen molar-refractivity contribution < 1.29 is 14.6 Å². The number of rotatable bonds is 5. The number of aliphatic carboxylic acids is 1. The van der Waals surface area contributed by atoms with Crippen LogP contribution in [0.25, 0.3) is 6.08 Å². The Morgan fingerprint density at radius 1 is 1.65 bits per heavy atom. The molecule has 0 amide bonds. The molecule has 0 aliphatic carbocycles. The summed E-state index contributed by atoms with van der Waals surface area (Å²) in [6, 6.07) is 3.98. The second-order valence-corrected chi connectivity index (χ2v) is 6.21. The first-order valence-corrected chi connectivity index (χ1v) is 7.29. The van der Waals surface area contributed by atoms with Gasteiger partial charge in [0.1, 0.15) is 0 Å². The minimum absolute atomic E-state index is 0.389. The van der Waals surface area contributed by atoms with E-state index in [4.69, 9.17) is 9.84 Å². The van der Waals surface area contributed by atoms with Crippen LogP contribution in [0.1, 0.15) is 17.7 Å². The molecule has 2 heterocycles. The number of carboxylic acids is 1. The number of hydrogen-bond acceptors (Lipinski definition) is 4. The lowest BCUT2D eigenvalue weighted by molar-refractivity contribution is -0.131. The van der Waals surface area contributed by atoms with Crippen LogP contribution >= 0.6 is 23.1 Å². The Bertz CT molecular complexity index is 406. The molecule has 0 aromatic carbocycles. The maximum absolute atomic E-state index is 10.4. The Morgan fingerprint density at radius 2 is 2.53 bits per heavy atom. The number of thioether (sulfide) groups is 1. The van der Waals surface area contributed by atoms with E-state index in [0.717, 1.165) is 23.7 Å². The van der Waals surface area contributed by atoms with Crippen molar-refractivity contribution in [3.63, 3.8) is 0 Å². The lowest BCUT2D eigenvalue weighted by Gasteiger charge is -2.06. The van der Waals surface area contributed by atoms with Crippen LogP contribution in [-0.4, -0.2) is 29.5 Å². The highest BCUT2D eigenvalue weighted by Gasteiger charge is 2.15. The summed E-state index contributed by atoms with van der Waals surface area (Å²) in [5.74, 6) is 0.0785. The summed E-state index contributed by atoms with van der Waals surface area (Å²) in [4.78, 5) is 11.3. The Balaban J connectivity index is 1.83. The van der Waals surface area contributed by atoms with Crippen molar-refractivity contribution in [2.24, 2.45) is 0 Å². The molecule has 1 aliphatic rings. The zero-order valence-corrected chi connectivity index (χ0v) is 10.9. The fourth-order valence-electron chi connectivity index (χ4n) is 1.61. The molecule has 1 fully saturated rings. The van der Waals surface area contributed by atoms with E-state index in [1.54, 1.807) is 29.2 Å². The number of carbonyl (C=O) groups is 1. The highest BCUT2D eigenvalue weighted by molar-refractivity contribution is 8.01. The van der Waals surface area contributed by atoms with Gasteiger partial charge in [0.25, 0.3) is 0 Å². The van der Waals surface area contributed by atoms with Gasteiger partial charge in [0.2, 0.25) is 0 Å². The Hall–Kier alpha value is -0.780. The number of thiophene rings is 1. The van der Waals surface area contributed by atoms with E-state index in [1.165, 1.54) is 16.7 Å². The summed E-state index contributed by atoms with van der Waals surface area (Å²) in [5, 5.41) is 8.52. The predicted octanol–water partition coefficient (Wildman–Crippen LogP) is 3.12. The van der Waals surface area contributed by atoms with Crippen LogP contribution in [0, 0.1) is 0 Å². The van der Waals surface area contributed by atoms with Crippen LogP contribution in [0.3, 0.4) is 0 Å². The lowest BCUT2D eigenvalue weighted by Crippen LogP contribution is -2.07. The first-order chi connectivity index (χ1) is 8.24. The van der Waals surface area contributed by atoms with Crippen LogP contribution < -0.4 is 0 Å². The summed E-state index contributed by atoms with van der Waals surface area (Å²) < 4.78 is 6.77. The minimum Gasteiger partial charge on any atom is -0.478 e. The third-order valence-corrected chi connectivity index (χ3v) is 4.84. The van der Waals surface area contributed by atoms with Crippen molar-refractivity contribution in [2.75, 3.05) is 12.4 Å². The summed E-state index contributed by atoms with van der Waals surface area (Å²) in [6.07, 6.45) is 5.51. The molecule has 0 spiro atoms. The van der Waals surface area contributed by atoms with Gasteiger partial charge >= 0.3 is 5.97 Å². The second kappa shape index (κ2) is 6.23. The monoisotopic (exact) mass is 270 g/mol. The lowest BCUT2D eigenvalue weighted by atomic mass is 10.3. The van der Waals surface area contributed by atoms with Gasteiger partial charge in [-0.15, -0.1) is 23.1 Å². The smallest absolute Gasteiger partial charge is 0.328 e. The van der Waals surface area contributed by atoms with Crippen molar-refractivity contribution >= 4 is 35.1 Å². The summed E-state index contributed by atoms with van der Waals surface area (Å²) in [7, 11) is 0. The van der Waals surface area contributed by atoms with Crippen molar-refractivity contribution in [2.45, 2.75) is 23.2 Å². The van der Waals surface area contributed by atoms with E-state index >= 15 is 0 Å². The maximum atomic E-state index is 10.4. The van der Waals surface area contributed by atoms with Crippen LogP contribution in [0.2, 0.25) is 0 Å². The molecule has 5 heteroatoms. The molecule has 1 aliphatic heterocycles. The summed E-state index contributed by atoms with van der Waals surface area (Å²) in [5.41, 5.74) is 0. The molecule has 0 radical (unpaired) electrons. The van der Waals surface area contributed by atoms with Crippen LogP contribution in [0.4, 0.5) is 0 Å². The van der Waals surface area contributed by atoms with Gasteiger partial charge in [-0.1, -0.05) is 0 Å². The van der Waals surface area contributed by atoms with E-state index in [9.17, 15) is 4.79 Å². The molecule has 2 rings (SSSR count). The summed E-state index contributed by atoms with van der Waals surface area (Å²) in [6.45, 7) is 0.891. The number of hydrogen-bond donors (Lipinski definition) is 1. The summed E-state index contributed by atoms with van der Waals surface area (Å²) >= 11 is 3.40. The topological polar surface area (TPSA) is 46.5 Å². The van der Waals surface area contributed by atoms with Crippen molar-refractivity contribution in [3.8, 4) is 0 Å². The number of carboxylic acid groups (broad SMARTS) is 1. The van der Waals surface area contributed by atoms with Gasteiger partial charge in [0.05, 0.1) is 10.3 Å². The molecule has 1 aromatic heterocycles. The highest BCUT2D eigenvalue weighted by atomic mass is 32.2. The van der Waals surface area contributed by atoms with Gasteiger partial charge in [0, 0.05) is 23.3 Å². The molecule has 1 N–H and O–H groups in total. The van der Waals surface area contributed by atoms with Crippen LogP contribution in [-0.2, 0) is 9.53 Å². The standard InChI is InChI=1S/C12H14O3S2/c13-11(14)5-3-10-4-6-12(17-10)16-8-9-2-1-7-15-9/h3-6,9H,1-2,7-8H2,(H,13,14). The van der Waals surface area contributed by atoms with E-state index < -0.39 is 5.97 Å². The molecule has 1 unspecified atom stereocenters. The predicted molar refractivity (Wildman–Crippen MR) is 70.7 cm³/mol. The molecule has 0 saturated carbocycles. The van der Waals surface area contributed by atoms with Gasteiger partial charge in [-0.3, -0.25) is 0 Å². The van der Waals surface area contributed by atoms with Crippen molar-refractivity contribution in [3.05, 3.63) is 23.1 Å². The Labute approximate surface area is 108 Å². The fraction of sp³-hybridized carbons (Fsp3) is 0.417. The van der Waals surface area contributed by atoms with E-state index in [-0.39, 0.29) is 0 Å². The zero-order chi connectivity index (χ0) is 12.1. The Kier molecular flexibility index (Phi) is 4.65. The molecule has 0 bridgehead atoms. The molecule has 1 saturated heterocycles. The average Bonchev–Trinajstić information content (AvgIpc) is 2.95. The van der Waals surface area contributed by atoms with Gasteiger partial charge in [0.15, 0.2) is 0 Å². The molecule has 92 valence electrons. The van der Waals surface area contributed by atoms with Crippen LogP contribution in [0.15, 0.2) is 22.4 Å². The van der Waals surface area contributed by atoms with Gasteiger partial charge < -0.3 is 9.84 Å². The quantitative estimate of drug-likeness (QED) is 0.659. The van der Waals surface area contributed by atoms with Crippen molar-refractivity contribution in [1.82, 2.24) is 0 Å². The third kappa shape index (κ3) is 4.18. The van der Waals surface area contributed by atoms with E-state index in [1.807, 2.05) is 12.1 Å². The fourth-order valence-corrected chi connectivity index (χ4v) is 3.75. The first-order valence-electron chi connectivity index (χ1n) is 5.49. The highest BCUT2D eigenvalue weighted by Crippen LogP contribution is 2.30. The zero-order valence-electron chi connectivity index (χ0n) is 9.30. The van der Waals surface area contributed by atoms with Gasteiger partial charge in [-0.2, -0.15) is 0 Å². The van der Waals surface area contributed by atoms with E-state index in [0.29, 0.717) is 6.10 Å². The molecular formula is C12H14O3S2. The average molecular weight is 270 g/mol. The first kappa shape index (κ1) is 12.7. The third-order valence-electron chi connectivity index (χ3n) is 2.43. The molecule has 1 aromatic rings. The van der Waals surface area contributed by atoms with Crippen LogP contribution in [0.5, 0.6) is 0 Å². The SMILES string of the molecule is O=C(O)C=Cc1ccc(SCC2CCCO2)s1. The molecule has 17 heavy (non-hydrogen) atoms. The van der Waals surface area contributed by atoms with Gasteiger partial charge in [-0.05, 0) is 31.1 Å². The minimum atomic E-state index is -0.910. The molecular weight excluding hydrogens is 256 g/mol. The molecule has 3 nitrogen and oxygen atoms in total.